The number of nitrogens with zero attached hydrogens (tertiary/aromatic N) is 2. The molecule has 1 aliphatic rings. The fourth-order valence-corrected chi connectivity index (χ4v) is 3.91. The van der Waals surface area contributed by atoms with Gasteiger partial charge in [-0.1, -0.05) is 19.8 Å². The van der Waals surface area contributed by atoms with Crippen LogP contribution >= 0.6 is 11.3 Å². The van der Waals surface area contributed by atoms with E-state index in [1.54, 1.807) is 11.3 Å². The van der Waals surface area contributed by atoms with E-state index in [1.165, 1.54) is 30.6 Å². The summed E-state index contributed by atoms with van der Waals surface area (Å²) in [6.45, 7) is 4.41. The van der Waals surface area contributed by atoms with E-state index in [2.05, 4.69) is 30.3 Å². The molecular weight excluding hydrogens is 256 g/mol. The molecule has 3 N–H and O–H groups in total. The Bertz CT molecular complexity index is 592. The van der Waals surface area contributed by atoms with Crippen LogP contribution in [0.3, 0.4) is 0 Å². The lowest BCUT2D eigenvalue weighted by molar-refractivity contribution is 0.336. The number of thiophene rings is 1. The van der Waals surface area contributed by atoms with Gasteiger partial charge in [-0.05, 0) is 31.7 Å². The van der Waals surface area contributed by atoms with Crippen molar-refractivity contribution in [1.82, 2.24) is 9.97 Å². The molecule has 2 heterocycles. The SMILES string of the molecule is Cc1cc2c(NN)nc(C3CCCC(C)C3)nc2s1. The Labute approximate surface area is 117 Å². The minimum absolute atomic E-state index is 0.489. The van der Waals surface area contributed by atoms with Gasteiger partial charge in [0.1, 0.15) is 10.7 Å². The first-order chi connectivity index (χ1) is 9.17. The van der Waals surface area contributed by atoms with Crippen molar-refractivity contribution in [2.75, 3.05) is 5.43 Å². The van der Waals surface area contributed by atoms with Crippen LogP contribution < -0.4 is 11.3 Å². The van der Waals surface area contributed by atoms with Crippen LogP contribution in [0.2, 0.25) is 0 Å². The largest absolute Gasteiger partial charge is 0.308 e. The number of rotatable bonds is 2. The smallest absolute Gasteiger partial charge is 0.152 e. The topological polar surface area (TPSA) is 63.8 Å². The summed E-state index contributed by atoms with van der Waals surface area (Å²) in [5, 5.41) is 1.04. The van der Waals surface area contributed by atoms with Crippen molar-refractivity contribution in [2.45, 2.75) is 45.4 Å². The Hall–Kier alpha value is -1.20. The Balaban J connectivity index is 2.03. The van der Waals surface area contributed by atoms with Gasteiger partial charge in [0.2, 0.25) is 0 Å². The third-order valence-electron chi connectivity index (χ3n) is 3.97. The molecule has 5 heteroatoms. The number of nitrogens with one attached hydrogen (secondary N) is 1. The van der Waals surface area contributed by atoms with E-state index in [0.717, 1.165) is 27.8 Å². The van der Waals surface area contributed by atoms with Crippen LogP contribution in [-0.2, 0) is 0 Å². The van der Waals surface area contributed by atoms with E-state index in [9.17, 15) is 0 Å². The number of fused-ring (bicyclic) bond motifs is 1. The fraction of sp³-hybridized carbons (Fsp3) is 0.571. The van der Waals surface area contributed by atoms with E-state index in [4.69, 9.17) is 10.8 Å². The van der Waals surface area contributed by atoms with Gasteiger partial charge in [-0.15, -0.1) is 11.3 Å². The Morgan fingerprint density at radius 2 is 2.21 bits per heavy atom. The van der Waals surface area contributed by atoms with Gasteiger partial charge in [0.15, 0.2) is 5.82 Å². The predicted molar refractivity (Wildman–Crippen MR) is 80.3 cm³/mol. The first kappa shape index (κ1) is 12.8. The molecule has 0 saturated heterocycles. The number of aryl methyl sites for hydroxylation is 1. The van der Waals surface area contributed by atoms with Crippen molar-refractivity contribution < 1.29 is 0 Å². The first-order valence-corrected chi connectivity index (χ1v) is 7.73. The number of aromatic nitrogens is 2. The number of nitrogens with two attached hydrogens (primary N) is 1. The molecule has 2 aromatic heterocycles. The second kappa shape index (κ2) is 5.06. The van der Waals surface area contributed by atoms with Crippen LogP contribution in [0.4, 0.5) is 5.82 Å². The average Bonchev–Trinajstić information content (AvgIpc) is 2.77. The van der Waals surface area contributed by atoms with Crippen LogP contribution in [0.1, 0.15) is 49.2 Å². The molecule has 3 rings (SSSR count). The van der Waals surface area contributed by atoms with Gasteiger partial charge in [-0.25, -0.2) is 15.8 Å². The van der Waals surface area contributed by atoms with Gasteiger partial charge in [0.05, 0.1) is 5.39 Å². The number of hydrazine groups is 1. The summed E-state index contributed by atoms with van der Waals surface area (Å²) in [5.41, 5.74) is 2.73. The van der Waals surface area contributed by atoms with E-state index >= 15 is 0 Å². The maximum absolute atomic E-state index is 5.62. The molecule has 0 spiro atoms. The lowest BCUT2D eigenvalue weighted by Gasteiger charge is -2.25. The van der Waals surface area contributed by atoms with Crippen LogP contribution in [0.5, 0.6) is 0 Å². The van der Waals surface area contributed by atoms with Crippen LogP contribution in [0.15, 0.2) is 6.07 Å². The molecule has 0 aromatic carbocycles. The van der Waals surface area contributed by atoms with Gasteiger partial charge in [-0.3, -0.25) is 0 Å². The van der Waals surface area contributed by atoms with Crippen LogP contribution in [0.25, 0.3) is 10.2 Å². The summed E-state index contributed by atoms with van der Waals surface area (Å²) in [4.78, 5) is 11.7. The van der Waals surface area contributed by atoms with Crippen molar-refractivity contribution in [3.63, 3.8) is 0 Å². The summed E-state index contributed by atoms with van der Waals surface area (Å²) < 4.78 is 0. The highest BCUT2D eigenvalue weighted by Gasteiger charge is 2.24. The summed E-state index contributed by atoms with van der Waals surface area (Å²) >= 11 is 1.71. The van der Waals surface area contributed by atoms with E-state index in [1.807, 2.05) is 0 Å². The summed E-state index contributed by atoms with van der Waals surface area (Å²) in [6, 6.07) is 2.10. The molecule has 2 aromatic rings. The maximum Gasteiger partial charge on any atom is 0.152 e. The Morgan fingerprint density at radius 1 is 1.37 bits per heavy atom. The summed E-state index contributed by atoms with van der Waals surface area (Å²) in [5.74, 6) is 8.61. The average molecular weight is 276 g/mol. The molecular formula is C14H20N4S. The Morgan fingerprint density at radius 3 is 2.95 bits per heavy atom. The van der Waals surface area contributed by atoms with E-state index < -0.39 is 0 Å². The second-order valence-electron chi connectivity index (χ2n) is 5.62. The van der Waals surface area contributed by atoms with Crippen LogP contribution in [0, 0.1) is 12.8 Å². The predicted octanol–water partition coefficient (Wildman–Crippen LogP) is 3.58. The zero-order chi connectivity index (χ0) is 13.4. The number of hydrogen-bond donors (Lipinski definition) is 2. The van der Waals surface area contributed by atoms with Gasteiger partial charge >= 0.3 is 0 Å². The van der Waals surface area contributed by atoms with Crippen LogP contribution in [-0.4, -0.2) is 9.97 Å². The molecule has 0 aliphatic heterocycles. The van der Waals surface area contributed by atoms with E-state index in [0.29, 0.717) is 5.92 Å². The summed E-state index contributed by atoms with van der Waals surface area (Å²) in [7, 11) is 0. The standard InChI is InChI=1S/C14H20N4S/c1-8-4-3-5-10(6-8)12-16-13(18-15)11-7-9(2)19-14(11)17-12/h7-8,10H,3-6,15H2,1-2H3,(H,16,17,18). The second-order valence-corrected chi connectivity index (χ2v) is 6.85. The van der Waals surface area contributed by atoms with E-state index in [-0.39, 0.29) is 0 Å². The molecule has 4 nitrogen and oxygen atoms in total. The van der Waals surface area contributed by atoms with Crippen molar-refractivity contribution >= 4 is 27.4 Å². The van der Waals surface area contributed by atoms with Crippen molar-refractivity contribution in [3.8, 4) is 0 Å². The van der Waals surface area contributed by atoms with Gasteiger partial charge < -0.3 is 5.43 Å². The number of anilines is 1. The third kappa shape index (κ3) is 2.44. The highest BCUT2D eigenvalue weighted by Crippen LogP contribution is 2.37. The molecule has 1 aliphatic carbocycles. The summed E-state index contributed by atoms with van der Waals surface area (Å²) in [6.07, 6.45) is 5.00. The molecule has 0 amide bonds. The monoisotopic (exact) mass is 276 g/mol. The lowest BCUT2D eigenvalue weighted by atomic mass is 9.82. The highest BCUT2D eigenvalue weighted by molar-refractivity contribution is 7.18. The third-order valence-corrected chi connectivity index (χ3v) is 4.92. The molecule has 102 valence electrons. The minimum Gasteiger partial charge on any atom is -0.308 e. The zero-order valence-electron chi connectivity index (χ0n) is 11.4. The molecule has 1 fully saturated rings. The fourth-order valence-electron chi connectivity index (χ4n) is 3.02. The maximum atomic E-state index is 5.62. The number of hydrogen-bond acceptors (Lipinski definition) is 5. The molecule has 2 atom stereocenters. The lowest BCUT2D eigenvalue weighted by Crippen LogP contribution is -2.16. The molecule has 0 bridgehead atoms. The first-order valence-electron chi connectivity index (χ1n) is 6.92. The van der Waals surface area contributed by atoms with Crippen molar-refractivity contribution in [2.24, 2.45) is 11.8 Å². The zero-order valence-corrected chi connectivity index (χ0v) is 12.3. The van der Waals surface area contributed by atoms with Gasteiger partial charge in [-0.2, -0.15) is 0 Å². The van der Waals surface area contributed by atoms with Crippen molar-refractivity contribution in [3.05, 3.63) is 16.8 Å². The highest BCUT2D eigenvalue weighted by atomic mass is 32.1. The minimum atomic E-state index is 0.489. The molecule has 2 unspecified atom stereocenters. The number of nitrogen functional groups attached to an aromatic ring is 1. The van der Waals surface area contributed by atoms with Gasteiger partial charge in [0, 0.05) is 10.8 Å². The normalized spacial score (nSPS) is 23.7. The van der Waals surface area contributed by atoms with Gasteiger partial charge in [0.25, 0.3) is 0 Å². The quantitative estimate of drug-likeness (QED) is 0.650. The Kier molecular flexibility index (Phi) is 3.41. The van der Waals surface area contributed by atoms with Crippen molar-refractivity contribution in [1.29, 1.82) is 0 Å². The molecule has 0 radical (unpaired) electrons. The molecule has 19 heavy (non-hydrogen) atoms. The molecule has 1 saturated carbocycles.